The van der Waals surface area contributed by atoms with Crippen molar-refractivity contribution >= 4 is 40.6 Å². The van der Waals surface area contributed by atoms with Crippen LogP contribution in [-0.2, 0) is 23.9 Å². The molecule has 0 saturated heterocycles. The van der Waals surface area contributed by atoms with Crippen LogP contribution in [0.25, 0.3) is 0 Å². The third-order valence-electron chi connectivity index (χ3n) is 3.90. The molecule has 0 saturated carbocycles. The maximum atomic E-state index is 12.3. The van der Waals surface area contributed by atoms with Crippen LogP contribution >= 0.6 is 11.6 Å². The number of halogens is 1. The molecule has 8 heteroatoms. The third-order valence-corrected chi connectivity index (χ3v) is 4.13. The topological polar surface area (TPSA) is 93.7 Å². The van der Waals surface area contributed by atoms with Crippen LogP contribution in [-0.4, -0.2) is 30.9 Å². The third kappa shape index (κ3) is 4.69. The van der Waals surface area contributed by atoms with Gasteiger partial charge in [0.15, 0.2) is 18.8 Å². The largest absolute Gasteiger partial charge is 0.470 e. The molecular formula is C20H17ClN2O5. The Hall–Kier alpha value is -3.32. The number of hydrogen-bond donors (Lipinski definition) is 2. The summed E-state index contributed by atoms with van der Waals surface area (Å²) in [6.07, 6.45) is 0. The predicted molar refractivity (Wildman–Crippen MR) is 104 cm³/mol. The number of hydrogen-bond acceptors (Lipinski definition) is 6. The van der Waals surface area contributed by atoms with Crippen molar-refractivity contribution < 1.29 is 23.9 Å². The van der Waals surface area contributed by atoms with Crippen molar-refractivity contribution in [2.24, 2.45) is 0 Å². The van der Waals surface area contributed by atoms with E-state index >= 15 is 0 Å². The minimum absolute atomic E-state index is 0.00675. The molecule has 1 aliphatic heterocycles. The van der Waals surface area contributed by atoms with Crippen molar-refractivity contribution in [3.63, 3.8) is 0 Å². The Labute approximate surface area is 166 Å². The van der Waals surface area contributed by atoms with Gasteiger partial charge in [-0.25, -0.2) is 4.79 Å². The van der Waals surface area contributed by atoms with Gasteiger partial charge >= 0.3 is 5.97 Å². The number of esters is 1. The number of para-hydroxylation sites is 1. The van der Waals surface area contributed by atoms with Gasteiger partial charge in [0.1, 0.15) is 0 Å². The number of aryl methyl sites for hydroxylation is 1. The molecule has 0 bridgehead atoms. The number of anilines is 2. The maximum Gasteiger partial charge on any atom is 0.347 e. The van der Waals surface area contributed by atoms with Gasteiger partial charge in [0.25, 0.3) is 5.91 Å². The number of carbonyl (C=O) groups is 3. The SMILES string of the molecule is Cc1ccc(Cl)cc1NC(=O)COC(=O)C1=C(Nc2ccccc2)OCC1=O. The summed E-state index contributed by atoms with van der Waals surface area (Å²) >= 11 is 5.91. The molecule has 1 aliphatic rings. The summed E-state index contributed by atoms with van der Waals surface area (Å²) < 4.78 is 10.2. The standard InChI is InChI=1S/C20H17ClN2O5/c1-12-7-8-13(21)9-15(12)23-17(25)11-28-20(26)18-16(24)10-27-19(18)22-14-5-3-2-4-6-14/h2-9,22H,10-11H2,1H3,(H,23,25). The first kappa shape index (κ1) is 19.4. The monoisotopic (exact) mass is 400 g/mol. The van der Waals surface area contributed by atoms with Gasteiger partial charge in [-0.3, -0.25) is 9.59 Å². The van der Waals surface area contributed by atoms with Crippen LogP contribution in [0.15, 0.2) is 60.0 Å². The van der Waals surface area contributed by atoms with Gasteiger partial charge in [-0.15, -0.1) is 0 Å². The summed E-state index contributed by atoms with van der Waals surface area (Å²) in [6, 6.07) is 14.0. The number of carbonyl (C=O) groups excluding carboxylic acids is 3. The van der Waals surface area contributed by atoms with Crippen molar-refractivity contribution in [1.82, 2.24) is 0 Å². The van der Waals surface area contributed by atoms with E-state index < -0.39 is 24.3 Å². The van der Waals surface area contributed by atoms with E-state index in [9.17, 15) is 14.4 Å². The minimum atomic E-state index is -0.932. The van der Waals surface area contributed by atoms with Gasteiger partial charge in [0.05, 0.1) is 0 Å². The van der Waals surface area contributed by atoms with Gasteiger partial charge in [-0.2, -0.15) is 0 Å². The molecule has 144 valence electrons. The summed E-state index contributed by atoms with van der Waals surface area (Å²) in [4.78, 5) is 36.4. The average molecular weight is 401 g/mol. The van der Waals surface area contributed by atoms with Crippen molar-refractivity contribution in [2.75, 3.05) is 23.8 Å². The average Bonchev–Trinajstić information content (AvgIpc) is 3.04. The molecule has 1 heterocycles. The van der Waals surface area contributed by atoms with Gasteiger partial charge in [0, 0.05) is 16.4 Å². The van der Waals surface area contributed by atoms with Crippen molar-refractivity contribution in [2.45, 2.75) is 6.92 Å². The molecular weight excluding hydrogens is 384 g/mol. The molecule has 0 atom stereocenters. The Kier molecular flexibility index (Phi) is 5.96. The van der Waals surface area contributed by atoms with Crippen LogP contribution in [0.3, 0.4) is 0 Å². The van der Waals surface area contributed by atoms with Crippen molar-refractivity contribution in [3.8, 4) is 0 Å². The van der Waals surface area contributed by atoms with E-state index in [0.717, 1.165) is 5.56 Å². The molecule has 2 aromatic rings. The molecule has 7 nitrogen and oxygen atoms in total. The molecule has 2 aromatic carbocycles. The molecule has 2 N–H and O–H groups in total. The Morgan fingerprint density at radius 2 is 1.93 bits per heavy atom. The second-order valence-electron chi connectivity index (χ2n) is 5.99. The highest BCUT2D eigenvalue weighted by molar-refractivity contribution is 6.31. The minimum Gasteiger partial charge on any atom is -0.470 e. The smallest absolute Gasteiger partial charge is 0.347 e. The first-order valence-electron chi connectivity index (χ1n) is 8.39. The Morgan fingerprint density at radius 1 is 1.18 bits per heavy atom. The lowest BCUT2D eigenvalue weighted by atomic mass is 10.2. The summed E-state index contributed by atoms with van der Waals surface area (Å²) in [7, 11) is 0. The zero-order chi connectivity index (χ0) is 20.1. The molecule has 0 spiro atoms. The molecule has 0 unspecified atom stereocenters. The second-order valence-corrected chi connectivity index (χ2v) is 6.43. The summed E-state index contributed by atoms with van der Waals surface area (Å²) in [5.74, 6) is -2.00. The zero-order valence-electron chi connectivity index (χ0n) is 15.0. The number of Topliss-reactive ketones (excluding diaryl/α,β-unsaturated/α-hetero) is 1. The lowest BCUT2D eigenvalue weighted by Gasteiger charge is -2.10. The summed E-state index contributed by atoms with van der Waals surface area (Å²) in [5.41, 5.74) is 1.71. The van der Waals surface area contributed by atoms with Crippen molar-refractivity contribution in [3.05, 3.63) is 70.6 Å². The predicted octanol–water partition coefficient (Wildman–Crippen LogP) is 3.05. The summed E-state index contributed by atoms with van der Waals surface area (Å²) in [6.45, 7) is 0.979. The van der Waals surface area contributed by atoms with Gasteiger partial charge < -0.3 is 20.1 Å². The van der Waals surface area contributed by atoms with E-state index in [2.05, 4.69) is 10.6 Å². The van der Waals surface area contributed by atoms with Crippen LogP contribution in [0, 0.1) is 6.92 Å². The molecule has 0 aliphatic carbocycles. The highest BCUT2D eigenvalue weighted by atomic mass is 35.5. The molecule has 28 heavy (non-hydrogen) atoms. The quantitative estimate of drug-likeness (QED) is 0.571. The molecule has 0 aromatic heterocycles. The summed E-state index contributed by atoms with van der Waals surface area (Å²) in [5, 5.41) is 5.94. The molecule has 1 amide bonds. The Morgan fingerprint density at radius 3 is 2.68 bits per heavy atom. The van der Waals surface area contributed by atoms with E-state index in [1.807, 2.05) is 6.07 Å². The number of nitrogens with one attached hydrogen (secondary N) is 2. The fourth-order valence-corrected chi connectivity index (χ4v) is 2.66. The fourth-order valence-electron chi connectivity index (χ4n) is 2.48. The molecule has 0 radical (unpaired) electrons. The van der Waals surface area contributed by atoms with Crippen LogP contribution in [0.2, 0.25) is 5.02 Å². The Bertz CT molecular complexity index is 956. The van der Waals surface area contributed by atoms with E-state index in [1.165, 1.54) is 0 Å². The van der Waals surface area contributed by atoms with Gasteiger partial charge in [0.2, 0.25) is 11.7 Å². The second kappa shape index (κ2) is 8.58. The van der Waals surface area contributed by atoms with Crippen LogP contribution < -0.4 is 10.6 Å². The Balaban J connectivity index is 1.64. The van der Waals surface area contributed by atoms with E-state index in [-0.39, 0.29) is 18.1 Å². The molecule has 3 rings (SSSR count). The lowest BCUT2D eigenvalue weighted by Crippen LogP contribution is -2.24. The van der Waals surface area contributed by atoms with Crippen molar-refractivity contribution in [1.29, 1.82) is 0 Å². The zero-order valence-corrected chi connectivity index (χ0v) is 15.7. The van der Waals surface area contributed by atoms with Crippen LogP contribution in [0.1, 0.15) is 5.56 Å². The van der Waals surface area contributed by atoms with Gasteiger partial charge in [-0.05, 0) is 36.8 Å². The van der Waals surface area contributed by atoms with E-state index in [4.69, 9.17) is 21.1 Å². The molecule has 0 fully saturated rings. The first-order chi connectivity index (χ1) is 13.4. The number of ketones is 1. The van der Waals surface area contributed by atoms with E-state index in [1.54, 1.807) is 49.4 Å². The van der Waals surface area contributed by atoms with Crippen LogP contribution in [0.4, 0.5) is 11.4 Å². The first-order valence-corrected chi connectivity index (χ1v) is 8.77. The number of ether oxygens (including phenoxy) is 2. The highest BCUT2D eigenvalue weighted by Gasteiger charge is 2.32. The fraction of sp³-hybridized carbons (Fsp3) is 0.150. The van der Waals surface area contributed by atoms with Crippen LogP contribution in [0.5, 0.6) is 0 Å². The highest BCUT2D eigenvalue weighted by Crippen LogP contribution is 2.21. The maximum absolute atomic E-state index is 12.3. The van der Waals surface area contributed by atoms with Gasteiger partial charge in [-0.1, -0.05) is 35.9 Å². The lowest BCUT2D eigenvalue weighted by molar-refractivity contribution is -0.144. The number of rotatable bonds is 6. The van der Waals surface area contributed by atoms with E-state index in [0.29, 0.717) is 16.4 Å². The normalized spacial score (nSPS) is 13.1. The number of benzene rings is 2. The number of amides is 1.